The normalized spacial score (nSPS) is 26.0. The molecule has 2 saturated heterocycles. The monoisotopic (exact) mass is 938 g/mol. The number of amides is 3. The summed E-state index contributed by atoms with van der Waals surface area (Å²) in [4.78, 5) is 47.2. The van der Waals surface area contributed by atoms with Crippen LogP contribution in [-0.2, 0) is 19.1 Å². The molecule has 3 rings (SSSR count). The van der Waals surface area contributed by atoms with Crippen molar-refractivity contribution in [2.75, 3.05) is 26.2 Å². The van der Waals surface area contributed by atoms with Gasteiger partial charge in [0.25, 0.3) is 0 Å². The molecule has 0 aliphatic carbocycles. The van der Waals surface area contributed by atoms with Crippen molar-refractivity contribution >= 4 is 23.9 Å². The number of nitrogens with one attached hydrogen (secondary N) is 3. The van der Waals surface area contributed by atoms with E-state index in [1.165, 1.54) is 154 Å². The zero-order valence-electron chi connectivity index (χ0n) is 44.4. The number of carbonyl (C=O) groups is 3. The van der Waals surface area contributed by atoms with Gasteiger partial charge in [-0.1, -0.05) is 194 Å². The number of rotatable bonds is 20. The second kappa shape index (κ2) is 36.5. The van der Waals surface area contributed by atoms with Gasteiger partial charge in [0.1, 0.15) is 0 Å². The summed E-state index contributed by atoms with van der Waals surface area (Å²) >= 11 is 0. The van der Waals surface area contributed by atoms with Gasteiger partial charge in [-0.2, -0.15) is 0 Å². The average Bonchev–Trinajstić information content (AvgIpc) is 3.31. The van der Waals surface area contributed by atoms with Crippen molar-refractivity contribution in [3.8, 4) is 0 Å². The van der Waals surface area contributed by atoms with Crippen LogP contribution in [0, 0.1) is 11.8 Å². The molecule has 0 radical (unpaired) electrons. The van der Waals surface area contributed by atoms with E-state index in [9.17, 15) is 14.4 Å². The number of hydrogen-bond donors (Lipinski definition) is 3. The molecule has 3 amide bonds. The Morgan fingerprint density at radius 2 is 1.25 bits per heavy atom. The molecule has 9 heteroatoms. The molecule has 0 aromatic heterocycles. The largest absolute Gasteiger partial charge is 0.382 e. The Labute approximate surface area is 413 Å². The van der Waals surface area contributed by atoms with Crippen LogP contribution >= 0.6 is 0 Å². The zero-order chi connectivity index (χ0) is 48.3. The Bertz CT molecular complexity index is 1350. The summed E-state index contributed by atoms with van der Waals surface area (Å²) in [5.41, 5.74) is 0.163. The molecule has 0 saturated carbocycles. The molecule has 9 nitrogen and oxygen atoms in total. The molecule has 67 heavy (non-hydrogen) atoms. The quantitative estimate of drug-likeness (QED) is 0.105. The maximum atomic E-state index is 13.5. The number of unbranched alkanes of at least 4 members (excludes halogenated alkanes) is 12. The number of hydrogen-bond acceptors (Lipinski definition) is 6. The van der Waals surface area contributed by atoms with E-state index in [-0.39, 0.29) is 29.3 Å². The van der Waals surface area contributed by atoms with Gasteiger partial charge in [0.2, 0.25) is 17.7 Å². The molecule has 2 fully saturated rings. The van der Waals surface area contributed by atoms with Crippen LogP contribution in [0.5, 0.6) is 0 Å². The van der Waals surface area contributed by atoms with Gasteiger partial charge in [-0.15, -0.1) is 0 Å². The highest BCUT2D eigenvalue weighted by molar-refractivity contribution is 5.80. The first-order valence-electron chi connectivity index (χ1n) is 29.1. The van der Waals surface area contributed by atoms with Crippen LogP contribution in [0.15, 0.2) is 17.3 Å². The van der Waals surface area contributed by atoms with Crippen LogP contribution < -0.4 is 16.0 Å². The number of ether oxygens (including phenoxy) is 1. The van der Waals surface area contributed by atoms with Crippen molar-refractivity contribution in [2.24, 2.45) is 16.8 Å². The minimum Gasteiger partial charge on any atom is -0.382 e. The first kappa shape index (κ1) is 58.9. The van der Waals surface area contributed by atoms with Crippen LogP contribution in [0.2, 0.25) is 0 Å². The Kier molecular flexibility index (Phi) is 32.1. The minimum absolute atomic E-state index is 0.0430. The molecule has 3 N–H and O–H groups in total. The molecule has 3 aliphatic heterocycles. The second-order valence-electron chi connectivity index (χ2n) is 22.0. The van der Waals surface area contributed by atoms with Gasteiger partial charge in [-0.05, 0) is 83.5 Å². The summed E-state index contributed by atoms with van der Waals surface area (Å²) in [6.07, 6.45) is 46.5. The standard InChI is InChI=1S/C58H107N5O4/c1-6-8-9-10-11-12-13-14-15-16-19-25-30-35-55(65)63-47-38-52(39-48-63)40-49-67-58(41-7-2)44-33-28-22-18-17-21-26-31-42-57(5)43-32-27-23-20-24-29-34-50(3)56(66)61-53(51(4)62-57)36-37-54(64)59-45-46-60-58/h46,50,52-53,62H,4,6-45,47-49H2,1-3,5H3,(H,59,64)(H,61,66)/t50?,53-,57?,58?/m0/s1. The molecular formula is C58H107N5O4. The van der Waals surface area contributed by atoms with Crippen LogP contribution in [0.4, 0.5) is 0 Å². The molecule has 0 aromatic rings. The fourth-order valence-corrected chi connectivity index (χ4v) is 11.1. The van der Waals surface area contributed by atoms with E-state index in [4.69, 9.17) is 9.73 Å². The number of fused-ring (bicyclic) bond motifs is 3. The number of carbonyl (C=O) groups excluding carboxylic acids is 3. The fourth-order valence-electron chi connectivity index (χ4n) is 11.1. The lowest BCUT2D eigenvalue weighted by Crippen LogP contribution is -2.49. The maximum Gasteiger partial charge on any atom is 0.223 e. The number of likely N-dealkylation sites (tertiary alicyclic amines) is 1. The lowest BCUT2D eigenvalue weighted by molar-refractivity contribution is -0.133. The number of nitrogens with zero attached hydrogens (tertiary/aromatic N) is 2. The third-order valence-electron chi connectivity index (χ3n) is 15.7. The third kappa shape index (κ3) is 27.0. The first-order chi connectivity index (χ1) is 32.6. The molecule has 0 aromatic carbocycles. The molecule has 3 unspecified atom stereocenters. The summed E-state index contributed by atoms with van der Waals surface area (Å²) in [5.74, 6) is 0.862. The first-order valence-corrected chi connectivity index (χ1v) is 29.1. The van der Waals surface area contributed by atoms with Gasteiger partial charge in [0.05, 0.1) is 12.6 Å². The third-order valence-corrected chi connectivity index (χ3v) is 15.7. The molecule has 4 atom stereocenters. The average molecular weight is 939 g/mol. The summed E-state index contributed by atoms with van der Waals surface area (Å²) in [5, 5.41) is 10.3. The highest BCUT2D eigenvalue weighted by Gasteiger charge is 2.31. The van der Waals surface area contributed by atoms with Crippen molar-refractivity contribution in [3.05, 3.63) is 12.3 Å². The van der Waals surface area contributed by atoms with E-state index in [0.29, 0.717) is 44.2 Å². The minimum atomic E-state index is -0.581. The van der Waals surface area contributed by atoms with E-state index >= 15 is 0 Å². The topological polar surface area (TPSA) is 112 Å². The van der Waals surface area contributed by atoms with Crippen molar-refractivity contribution in [2.45, 2.75) is 295 Å². The molecule has 0 spiro atoms. The van der Waals surface area contributed by atoms with Gasteiger partial charge >= 0.3 is 0 Å². The Hall–Kier alpha value is -2.42. The van der Waals surface area contributed by atoms with Gasteiger partial charge in [0, 0.05) is 55.9 Å². The van der Waals surface area contributed by atoms with E-state index in [0.717, 1.165) is 95.8 Å². The van der Waals surface area contributed by atoms with Crippen LogP contribution in [0.3, 0.4) is 0 Å². The molecular weight excluding hydrogens is 831 g/mol. The predicted octanol–water partition coefficient (Wildman–Crippen LogP) is 14.6. The summed E-state index contributed by atoms with van der Waals surface area (Å²) < 4.78 is 6.85. The Morgan fingerprint density at radius 3 is 1.84 bits per heavy atom. The van der Waals surface area contributed by atoms with Crippen LogP contribution in [-0.4, -0.2) is 72.4 Å². The molecule has 3 aliphatic rings. The number of aliphatic imine (C=N–C) groups is 1. The number of piperidine rings is 1. The van der Waals surface area contributed by atoms with Gasteiger partial charge in [0.15, 0.2) is 5.72 Å². The highest BCUT2D eigenvalue weighted by Crippen LogP contribution is 2.31. The van der Waals surface area contributed by atoms with E-state index in [2.05, 4.69) is 48.2 Å². The highest BCUT2D eigenvalue weighted by atomic mass is 16.5. The molecule has 388 valence electrons. The van der Waals surface area contributed by atoms with Crippen molar-refractivity contribution in [1.82, 2.24) is 20.9 Å². The summed E-state index contributed by atoms with van der Waals surface area (Å²) in [6.45, 7) is 16.2. The Balaban J connectivity index is 1.50. The van der Waals surface area contributed by atoms with Crippen LogP contribution in [0.1, 0.15) is 278 Å². The molecule has 3 heterocycles. The SMILES string of the molecule is C=C1NC2(C)CCCCCCCCCCC(CCC)(OCCC3CCN(C(=O)CCCCCCCCCCCCCCC)CC3)N=CCNC(=O)CC[C@@H]1NC(=O)C(C)CCCCCCCC2. The predicted molar refractivity (Wildman–Crippen MR) is 283 cm³/mol. The molecule has 2 bridgehead atoms. The lowest BCUT2D eigenvalue weighted by Gasteiger charge is -2.36. The Morgan fingerprint density at radius 1 is 0.716 bits per heavy atom. The second-order valence-corrected chi connectivity index (χ2v) is 22.0. The smallest absolute Gasteiger partial charge is 0.223 e. The lowest BCUT2D eigenvalue weighted by atomic mass is 9.87. The van der Waals surface area contributed by atoms with E-state index < -0.39 is 5.72 Å². The zero-order valence-corrected chi connectivity index (χ0v) is 44.4. The summed E-state index contributed by atoms with van der Waals surface area (Å²) in [7, 11) is 0. The summed E-state index contributed by atoms with van der Waals surface area (Å²) in [6, 6.07) is -0.316. The van der Waals surface area contributed by atoms with Crippen LogP contribution in [0.25, 0.3) is 0 Å². The maximum absolute atomic E-state index is 13.5. The fraction of sp³-hybridized carbons (Fsp3) is 0.897. The van der Waals surface area contributed by atoms with Crippen molar-refractivity contribution in [1.29, 1.82) is 0 Å². The van der Waals surface area contributed by atoms with Gasteiger partial charge < -0.3 is 25.6 Å². The van der Waals surface area contributed by atoms with Crippen molar-refractivity contribution < 1.29 is 19.1 Å². The van der Waals surface area contributed by atoms with E-state index in [1.807, 2.05) is 13.1 Å². The van der Waals surface area contributed by atoms with Gasteiger partial charge in [-0.25, -0.2) is 0 Å². The van der Waals surface area contributed by atoms with E-state index in [1.54, 1.807) is 0 Å². The van der Waals surface area contributed by atoms with Gasteiger partial charge in [-0.3, -0.25) is 19.4 Å². The van der Waals surface area contributed by atoms with Crippen molar-refractivity contribution in [3.63, 3.8) is 0 Å².